The van der Waals surface area contributed by atoms with Crippen LogP contribution in [0.4, 0.5) is 0 Å². The summed E-state index contributed by atoms with van der Waals surface area (Å²) >= 11 is 0. The molecular formula is C26H21N5O2S. The first-order valence-corrected chi connectivity index (χ1v) is 12.6. The molecule has 1 aliphatic rings. The molecule has 0 saturated carbocycles. The summed E-state index contributed by atoms with van der Waals surface area (Å²) in [5, 5.41) is 11.2. The van der Waals surface area contributed by atoms with E-state index >= 15 is 0 Å². The number of pyridine rings is 2. The van der Waals surface area contributed by atoms with Crippen molar-refractivity contribution >= 4 is 20.9 Å². The molecule has 168 valence electrons. The Labute approximate surface area is 197 Å². The first-order chi connectivity index (χ1) is 16.5. The molecule has 0 aliphatic carbocycles. The average Bonchev–Trinajstić information content (AvgIpc) is 3.45. The zero-order chi connectivity index (χ0) is 23.3. The maximum absolute atomic E-state index is 11.6. The van der Waals surface area contributed by atoms with Gasteiger partial charge in [0.1, 0.15) is 5.69 Å². The SMILES string of the molecule is NS(=O)(=O)c1ccc(-c2ccc3c(-c4c(-c5ccccn5)nn5c4CCC5)ccnc3c2)cc1. The third-order valence-corrected chi connectivity index (χ3v) is 7.21. The van der Waals surface area contributed by atoms with Crippen LogP contribution in [-0.4, -0.2) is 28.2 Å². The maximum atomic E-state index is 11.6. The molecule has 6 rings (SSSR count). The van der Waals surface area contributed by atoms with E-state index in [9.17, 15) is 8.42 Å². The normalized spacial score (nSPS) is 13.3. The van der Waals surface area contributed by atoms with Gasteiger partial charge in [0, 0.05) is 35.6 Å². The lowest BCUT2D eigenvalue weighted by atomic mass is 9.95. The van der Waals surface area contributed by atoms with Gasteiger partial charge in [0.15, 0.2) is 0 Å². The molecule has 8 heteroatoms. The third kappa shape index (κ3) is 3.48. The molecule has 34 heavy (non-hydrogen) atoms. The van der Waals surface area contributed by atoms with E-state index in [2.05, 4.69) is 20.7 Å². The van der Waals surface area contributed by atoms with Crippen LogP contribution < -0.4 is 5.14 Å². The van der Waals surface area contributed by atoms with Crippen LogP contribution in [0.2, 0.25) is 0 Å². The minimum Gasteiger partial charge on any atom is -0.268 e. The third-order valence-electron chi connectivity index (χ3n) is 6.28. The van der Waals surface area contributed by atoms with Crippen molar-refractivity contribution in [1.29, 1.82) is 0 Å². The fourth-order valence-electron chi connectivity index (χ4n) is 4.68. The van der Waals surface area contributed by atoms with Gasteiger partial charge in [-0.2, -0.15) is 5.10 Å². The van der Waals surface area contributed by atoms with Crippen molar-refractivity contribution in [2.45, 2.75) is 24.3 Å². The van der Waals surface area contributed by atoms with E-state index in [1.54, 1.807) is 18.3 Å². The van der Waals surface area contributed by atoms with Crippen molar-refractivity contribution in [2.24, 2.45) is 5.14 Å². The number of rotatable bonds is 4. The quantitative estimate of drug-likeness (QED) is 0.421. The molecule has 2 aromatic carbocycles. The van der Waals surface area contributed by atoms with E-state index < -0.39 is 10.0 Å². The van der Waals surface area contributed by atoms with Crippen molar-refractivity contribution in [3.8, 4) is 33.6 Å². The summed E-state index contributed by atoms with van der Waals surface area (Å²) in [6.45, 7) is 0.914. The van der Waals surface area contributed by atoms with Crippen LogP contribution in [0.5, 0.6) is 0 Å². The molecule has 0 spiro atoms. The van der Waals surface area contributed by atoms with Gasteiger partial charge in [0.25, 0.3) is 0 Å². The van der Waals surface area contributed by atoms with Gasteiger partial charge in [0.2, 0.25) is 10.0 Å². The summed E-state index contributed by atoms with van der Waals surface area (Å²) in [4.78, 5) is 9.29. The van der Waals surface area contributed by atoms with Gasteiger partial charge in [-0.15, -0.1) is 0 Å². The van der Waals surface area contributed by atoms with Gasteiger partial charge in [-0.3, -0.25) is 14.6 Å². The Morgan fingerprint density at radius 3 is 2.47 bits per heavy atom. The van der Waals surface area contributed by atoms with Crippen LogP contribution in [0, 0.1) is 0 Å². The molecular weight excluding hydrogens is 446 g/mol. The summed E-state index contributed by atoms with van der Waals surface area (Å²) in [6, 6.07) is 20.6. The molecule has 0 atom stereocenters. The van der Waals surface area contributed by atoms with E-state index in [1.807, 2.05) is 42.6 Å². The first-order valence-electron chi connectivity index (χ1n) is 11.0. The minimum absolute atomic E-state index is 0.0922. The molecule has 0 unspecified atom stereocenters. The van der Waals surface area contributed by atoms with Crippen molar-refractivity contribution < 1.29 is 8.42 Å². The van der Waals surface area contributed by atoms with Gasteiger partial charge in [-0.25, -0.2) is 13.6 Å². The van der Waals surface area contributed by atoms with E-state index in [1.165, 1.54) is 17.8 Å². The second-order valence-corrected chi connectivity index (χ2v) is 9.93. The minimum atomic E-state index is -3.72. The van der Waals surface area contributed by atoms with Gasteiger partial charge in [-0.05, 0) is 65.9 Å². The zero-order valence-electron chi connectivity index (χ0n) is 18.2. The molecule has 0 bridgehead atoms. The predicted octanol–water partition coefficient (Wildman–Crippen LogP) is 4.42. The number of sulfonamides is 1. The second-order valence-electron chi connectivity index (χ2n) is 8.37. The Kier molecular flexibility index (Phi) is 4.79. The van der Waals surface area contributed by atoms with E-state index in [4.69, 9.17) is 10.2 Å². The first kappa shape index (κ1) is 20.7. The number of aromatic nitrogens is 4. The maximum Gasteiger partial charge on any atom is 0.238 e. The Morgan fingerprint density at radius 1 is 0.882 bits per heavy atom. The molecule has 4 heterocycles. The van der Waals surface area contributed by atoms with Gasteiger partial charge in [0.05, 0.1) is 16.1 Å². The van der Waals surface area contributed by atoms with Crippen LogP contribution >= 0.6 is 0 Å². The number of fused-ring (bicyclic) bond motifs is 2. The second kappa shape index (κ2) is 7.86. The summed E-state index contributed by atoms with van der Waals surface area (Å²) in [6.07, 6.45) is 5.68. The van der Waals surface area contributed by atoms with Crippen molar-refractivity contribution in [3.63, 3.8) is 0 Å². The van der Waals surface area contributed by atoms with Gasteiger partial charge in [-0.1, -0.05) is 30.3 Å². The van der Waals surface area contributed by atoms with Gasteiger partial charge >= 0.3 is 0 Å². The highest BCUT2D eigenvalue weighted by molar-refractivity contribution is 7.89. The lowest BCUT2D eigenvalue weighted by molar-refractivity contribution is 0.598. The highest BCUT2D eigenvalue weighted by Gasteiger charge is 2.25. The number of nitrogens with zero attached hydrogens (tertiary/aromatic N) is 4. The zero-order valence-corrected chi connectivity index (χ0v) is 19.0. The molecule has 1 aliphatic heterocycles. The van der Waals surface area contributed by atoms with E-state index in [-0.39, 0.29) is 4.90 Å². The molecule has 0 radical (unpaired) electrons. The molecule has 3 aromatic heterocycles. The Morgan fingerprint density at radius 2 is 1.71 bits per heavy atom. The fraction of sp³-hybridized carbons (Fsp3) is 0.115. The molecule has 2 N–H and O–H groups in total. The van der Waals surface area contributed by atoms with Crippen LogP contribution in [0.15, 0.2) is 84.0 Å². The highest BCUT2D eigenvalue weighted by atomic mass is 32.2. The summed E-state index contributed by atoms with van der Waals surface area (Å²) in [5.41, 5.74) is 7.89. The number of benzene rings is 2. The van der Waals surface area contributed by atoms with E-state index in [0.717, 1.165) is 63.9 Å². The molecule has 0 amide bonds. The number of primary sulfonamides is 1. The molecule has 0 saturated heterocycles. The Hall–Kier alpha value is -3.88. The van der Waals surface area contributed by atoms with Crippen LogP contribution in [-0.2, 0) is 23.0 Å². The number of nitrogens with two attached hydrogens (primary N) is 1. The van der Waals surface area contributed by atoms with Crippen LogP contribution in [0.3, 0.4) is 0 Å². The van der Waals surface area contributed by atoms with Crippen LogP contribution in [0.25, 0.3) is 44.5 Å². The lowest BCUT2D eigenvalue weighted by Gasteiger charge is -2.10. The Bertz CT molecular complexity index is 1640. The van der Waals surface area contributed by atoms with E-state index in [0.29, 0.717) is 0 Å². The topological polar surface area (TPSA) is 104 Å². The molecule has 5 aromatic rings. The fourth-order valence-corrected chi connectivity index (χ4v) is 5.20. The summed E-state index contributed by atoms with van der Waals surface area (Å²) in [7, 11) is -3.72. The largest absolute Gasteiger partial charge is 0.268 e. The Balaban J connectivity index is 1.49. The highest BCUT2D eigenvalue weighted by Crippen LogP contribution is 2.40. The lowest BCUT2D eigenvalue weighted by Crippen LogP contribution is -2.11. The smallest absolute Gasteiger partial charge is 0.238 e. The monoisotopic (exact) mass is 467 g/mol. The van der Waals surface area contributed by atoms with Crippen molar-refractivity contribution in [3.05, 3.63) is 84.8 Å². The summed E-state index contributed by atoms with van der Waals surface area (Å²) in [5.74, 6) is 0. The van der Waals surface area contributed by atoms with Crippen LogP contribution in [0.1, 0.15) is 12.1 Å². The number of hydrogen-bond donors (Lipinski definition) is 1. The number of aryl methyl sites for hydroxylation is 1. The summed E-state index contributed by atoms with van der Waals surface area (Å²) < 4.78 is 25.2. The van der Waals surface area contributed by atoms with Crippen molar-refractivity contribution in [1.82, 2.24) is 19.7 Å². The standard InChI is InChI=1S/C26H21N5O2S/c27-34(32,33)19-9-6-17(7-10-19)18-8-11-20-21(12-14-29-23(20)16-18)25-24-5-3-15-31(24)30-26(25)22-4-1-2-13-28-22/h1-2,4,6-14,16H,3,5,15H2,(H2,27,32,33). The van der Waals surface area contributed by atoms with Gasteiger partial charge < -0.3 is 0 Å². The average molecular weight is 468 g/mol. The van der Waals surface area contributed by atoms with Crippen molar-refractivity contribution in [2.75, 3.05) is 0 Å². The molecule has 7 nitrogen and oxygen atoms in total. The predicted molar refractivity (Wildman–Crippen MR) is 131 cm³/mol. The molecule has 0 fully saturated rings. The number of hydrogen-bond acceptors (Lipinski definition) is 5.